The average molecular weight is 425 g/mol. The van der Waals surface area contributed by atoms with Crippen molar-refractivity contribution in [3.05, 3.63) is 85.3 Å². The molecular weight excluding hydrogens is 404 g/mol. The van der Waals surface area contributed by atoms with Crippen LogP contribution >= 0.6 is 11.6 Å². The number of aromatic nitrogens is 1. The SMILES string of the molecule is COc1c(/C=C/C(=O)Nc2ccccc2C(C)C)c(=O)c2ccc(Cl)cc2[nH]c1=O. The number of carbonyl (C=O) groups excluding carboxylic acids is 1. The molecule has 3 rings (SSSR count). The molecule has 2 aromatic carbocycles. The highest BCUT2D eigenvalue weighted by Crippen LogP contribution is 2.24. The molecule has 0 bridgehead atoms. The summed E-state index contributed by atoms with van der Waals surface area (Å²) in [6, 6.07) is 12.1. The number of carbonyl (C=O) groups is 1. The molecule has 0 saturated heterocycles. The molecule has 1 heterocycles. The Morgan fingerprint density at radius 3 is 2.60 bits per heavy atom. The molecule has 0 spiro atoms. The standard InChI is InChI=1S/C23H21ClN2O4/c1-13(2)15-6-4-5-7-18(15)25-20(27)11-10-17-21(28)16-9-8-14(24)12-19(16)26-23(29)22(17)30-3/h4-13H,1-3H3,(H,25,27)(H,26,29)/b11-10+. The average Bonchev–Trinajstić information content (AvgIpc) is 2.80. The number of aromatic amines is 1. The van der Waals surface area contributed by atoms with Crippen molar-refractivity contribution in [3.63, 3.8) is 0 Å². The summed E-state index contributed by atoms with van der Waals surface area (Å²) in [5, 5.41) is 3.45. The molecule has 1 aromatic heterocycles. The van der Waals surface area contributed by atoms with E-state index < -0.39 is 16.9 Å². The van der Waals surface area contributed by atoms with E-state index in [1.54, 1.807) is 6.07 Å². The Morgan fingerprint density at radius 1 is 1.17 bits per heavy atom. The predicted molar refractivity (Wildman–Crippen MR) is 121 cm³/mol. The van der Waals surface area contributed by atoms with Crippen molar-refractivity contribution < 1.29 is 9.53 Å². The van der Waals surface area contributed by atoms with Gasteiger partial charge in [-0.1, -0.05) is 43.6 Å². The fourth-order valence-electron chi connectivity index (χ4n) is 3.17. The van der Waals surface area contributed by atoms with Gasteiger partial charge in [0.25, 0.3) is 5.56 Å². The van der Waals surface area contributed by atoms with Crippen LogP contribution in [0.5, 0.6) is 5.75 Å². The van der Waals surface area contributed by atoms with Gasteiger partial charge in [-0.15, -0.1) is 0 Å². The molecule has 0 fully saturated rings. The van der Waals surface area contributed by atoms with Gasteiger partial charge < -0.3 is 15.0 Å². The van der Waals surface area contributed by atoms with Crippen LogP contribution < -0.4 is 21.0 Å². The lowest BCUT2D eigenvalue weighted by molar-refractivity contribution is -0.111. The van der Waals surface area contributed by atoms with Crippen LogP contribution in [0.3, 0.4) is 0 Å². The summed E-state index contributed by atoms with van der Waals surface area (Å²) in [6.07, 6.45) is 2.50. The number of H-pyrrole nitrogens is 1. The second-order valence-electron chi connectivity index (χ2n) is 6.98. The van der Waals surface area contributed by atoms with Gasteiger partial charge in [-0.2, -0.15) is 0 Å². The van der Waals surface area contributed by atoms with E-state index in [-0.39, 0.29) is 28.1 Å². The maximum absolute atomic E-state index is 13.0. The fourth-order valence-corrected chi connectivity index (χ4v) is 3.34. The van der Waals surface area contributed by atoms with Crippen molar-refractivity contribution in [3.8, 4) is 5.75 Å². The number of methoxy groups -OCH3 is 1. The highest BCUT2D eigenvalue weighted by molar-refractivity contribution is 6.31. The van der Waals surface area contributed by atoms with Gasteiger partial charge in [0.1, 0.15) is 0 Å². The molecule has 154 valence electrons. The molecule has 0 aliphatic carbocycles. The van der Waals surface area contributed by atoms with Crippen LogP contribution in [0.25, 0.3) is 17.0 Å². The molecule has 3 aromatic rings. The summed E-state index contributed by atoms with van der Waals surface area (Å²) in [4.78, 5) is 40.6. The van der Waals surface area contributed by atoms with Gasteiger partial charge in [0.15, 0.2) is 11.2 Å². The summed E-state index contributed by atoms with van der Waals surface area (Å²) in [7, 11) is 1.29. The number of ether oxygens (including phenoxy) is 1. The van der Waals surface area contributed by atoms with E-state index >= 15 is 0 Å². The zero-order valence-corrected chi connectivity index (χ0v) is 17.5. The first-order valence-corrected chi connectivity index (χ1v) is 9.71. The lowest BCUT2D eigenvalue weighted by atomic mass is 10.0. The Labute approximate surface area is 178 Å². The number of halogens is 1. The van der Waals surface area contributed by atoms with Gasteiger partial charge in [0.05, 0.1) is 18.2 Å². The monoisotopic (exact) mass is 424 g/mol. The van der Waals surface area contributed by atoms with Gasteiger partial charge >= 0.3 is 0 Å². The first-order chi connectivity index (χ1) is 14.3. The van der Waals surface area contributed by atoms with E-state index in [2.05, 4.69) is 10.3 Å². The second-order valence-corrected chi connectivity index (χ2v) is 7.42. The summed E-state index contributed by atoms with van der Waals surface area (Å²) >= 11 is 5.97. The zero-order valence-electron chi connectivity index (χ0n) is 16.8. The van der Waals surface area contributed by atoms with Crippen LogP contribution in [0, 0.1) is 0 Å². The molecule has 0 radical (unpaired) electrons. The maximum Gasteiger partial charge on any atom is 0.291 e. The third-order valence-electron chi connectivity index (χ3n) is 4.62. The highest BCUT2D eigenvalue weighted by Gasteiger charge is 2.13. The van der Waals surface area contributed by atoms with E-state index in [9.17, 15) is 14.4 Å². The van der Waals surface area contributed by atoms with Crippen molar-refractivity contribution >= 4 is 40.2 Å². The van der Waals surface area contributed by atoms with Crippen LogP contribution in [0.15, 0.2) is 58.1 Å². The minimum absolute atomic E-state index is 0.0247. The topological polar surface area (TPSA) is 88.3 Å². The largest absolute Gasteiger partial charge is 0.491 e. The minimum atomic E-state index is -0.600. The van der Waals surface area contributed by atoms with Crippen molar-refractivity contribution in [1.29, 1.82) is 0 Å². The van der Waals surface area contributed by atoms with Crippen molar-refractivity contribution in [1.82, 2.24) is 4.98 Å². The zero-order chi connectivity index (χ0) is 21.8. The molecular formula is C23H21ClN2O4. The molecule has 1 amide bonds. The third kappa shape index (κ3) is 4.44. The lowest BCUT2D eigenvalue weighted by Gasteiger charge is -2.12. The van der Waals surface area contributed by atoms with Gasteiger partial charge in [-0.25, -0.2) is 0 Å². The Morgan fingerprint density at radius 2 is 1.90 bits per heavy atom. The van der Waals surface area contributed by atoms with Crippen LogP contribution in [0.4, 0.5) is 5.69 Å². The number of anilines is 1. The molecule has 30 heavy (non-hydrogen) atoms. The number of benzene rings is 2. The van der Waals surface area contributed by atoms with E-state index in [1.165, 1.54) is 31.4 Å². The molecule has 2 N–H and O–H groups in total. The molecule has 0 aliphatic rings. The quantitative estimate of drug-likeness (QED) is 0.597. The van der Waals surface area contributed by atoms with Crippen LogP contribution in [0.1, 0.15) is 30.9 Å². The fraction of sp³-hybridized carbons (Fsp3) is 0.174. The van der Waals surface area contributed by atoms with Gasteiger partial charge in [-0.05, 0) is 41.8 Å². The Hall–Kier alpha value is -3.38. The van der Waals surface area contributed by atoms with Gasteiger partial charge in [-0.3, -0.25) is 14.4 Å². The number of amides is 1. The molecule has 6 nitrogen and oxygen atoms in total. The number of hydrogen-bond donors (Lipinski definition) is 2. The first kappa shape index (κ1) is 21.3. The second kappa shape index (κ2) is 8.97. The van der Waals surface area contributed by atoms with Gasteiger partial charge in [0.2, 0.25) is 5.91 Å². The number of hydrogen-bond acceptors (Lipinski definition) is 4. The van der Waals surface area contributed by atoms with Crippen LogP contribution in [-0.4, -0.2) is 18.0 Å². The maximum atomic E-state index is 13.0. The number of rotatable bonds is 5. The Kier molecular flexibility index (Phi) is 6.37. The summed E-state index contributed by atoms with van der Waals surface area (Å²) in [5.74, 6) is -0.387. The Balaban J connectivity index is 2.05. The molecule has 7 heteroatoms. The van der Waals surface area contributed by atoms with Gasteiger partial charge in [0, 0.05) is 22.2 Å². The molecule has 0 unspecified atom stereocenters. The predicted octanol–water partition coefficient (Wildman–Crippen LogP) is 4.33. The highest BCUT2D eigenvalue weighted by atomic mass is 35.5. The van der Waals surface area contributed by atoms with E-state index in [4.69, 9.17) is 16.3 Å². The van der Waals surface area contributed by atoms with Crippen LogP contribution in [0.2, 0.25) is 5.02 Å². The number of nitrogens with one attached hydrogen (secondary N) is 2. The summed E-state index contributed by atoms with van der Waals surface area (Å²) in [6.45, 7) is 4.06. The first-order valence-electron chi connectivity index (χ1n) is 9.33. The number of para-hydroxylation sites is 1. The van der Waals surface area contributed by atoms with E-state index in [1.807, 2.05) is 38.1 Å². The van der Waals surface area contributed by atoms with Crippen molar-refractivity contribution in [2.45, 2.75) is 19.8 Å². The molecule has 0 saturated carbocycles. The van der Waals surface area contributed by atoms with Crippen molar-refractivity contribution in [2.75, 3.05) is 12.4 Å². The normalized spacial score (nSPS) is 11.2. The Bertz CT molecular complexity index is 1260. The van der Waals surface area contributed by atoms with Crippen LogP contribution in [-0.2, 0) is 4.79 Å². The van der Waals surface area contributed by atoms with E-state index in [0.717, 1.165) is 5.56 Å². The smallest absolute Gasteiger partial charge is 0.291 e. The third-order valence-corrected chi connectivity index (χ3v) is 4.85. The lowest BCUT2D eigenvalue weighted by Crippen LogP contribution is -2.12. The molecule has 0 aliphatic heterocycles. The number of fused-ring (bicyclic) bond motifs is 1. The minimum Gasteiger partial charge on any atom is -0.491 e. The summed E-state index contributed by atoms with van der Waals surface area (Å²) < 4.78 is 5.16. The van der Waals surface area contributed by atoms with E-state index in [0.29, 0.717) is 10.7 Å². The molecule has 0 atom stereocenters. The summed E-state index contributed by atoms with van der Waals surface area (Å²) in [5.41, 5.74) is 0.884. The van der Waals surface area contributed by atoms with Crippen molar-refractivity contribution in [2.24, 2.45) is 0 Å².